The third-order valence-corrected chi connectivity index (χ3v) is 7.77. The lowest BCUT2D eigenvalue weighted by atomic mass is 9.87. The Balaban J connectivity index is 1.69. The molecule has 1 amide bonds. The van der Waals surface area contributed by atoms with Gasteiger partial charge >= 0.3 is 10.2 Å². The van der Waals surface area contributed by atoms with Crippen molar-refractivity contribution in [2.45, 2.75) is 20.3 Å². The van der Waals surface area contributed by atoms with Crippen LogP contribution in [0.1, 0.15) is 30.6 Å². The van der Waals surface area contributed by atoms with Gasteiger partial charge in [0.05, 0.1) is 11.4 Å². The molecule has 0 spiro atoms. The Kier molecular flexibility index (Phi) is 5.49. The highest BCUT2D eigenvalue weighted by Crippen LogP contribution is 2.41. The van der Waals surface area contributed by atoms with E-state index in [4.69, 9.17) is 0 Å². The molecule has 0 bridgehead atoms. The van der Waals surface area contributed by atoms with E-state index in [2.05, 4.69) is 0 Å². The van der Waals surface area contributed by atoms with Crippen molar-refractivity contribution >= 4 is 44.7 Å². The second kappa shape index (κ2) is 8.01. The van der Waals surface area contributed by atoms with Crippen LogP contribution >= 0.6 is 0 Å². The fourth-order valence-electron chi connectivity index (χ4n) is 4.19. The van der Waals surface area contributed by atoms with E-state index in [9.17, 15) is 27.2 Å². The maximum atomic E-state index is 13.3. The minimum atomic E-state index is -3.74. The second-order valence-corrected chi connectivity index (χ2v) is 9.30. The summed E-state index contributed by atoms with van der Waals surface area (Å²) in [4.78, 5) is 40.2. The van der Waals surface area contributed by atoms with Gasteiger partial charge in [0.25, 0.3) is 0 Å². The van der Waals surface area contributed by atoms with E-state index in [0.717, 1.165) is 0 Å². The van der Waals surface area contributed by atoms with Gasteiger partial charge in [-0.05, 0) is 56.3 Å². The molecule has 1 fully saturated rings. The van der Waals surface area contributed by atoms with E-state index in [0.29, 0.717) is 17.1 Å². The predicted molar refractivity (Wildman–Crippen MR) is 118 cm³/mol. The van der Waals surface area contributed by atoms with E-state index in [1.165, 1.54) is 56.0 Å². The number of ketones is 2. The number of hydrogen-bond acceptors (Lipinski definition) is 5. The van der Waals surface area contributed by atoms with Gasteiger partial charge in [-0.1, -0.05) is 0 Å². The van der Waals surface area contributed by atoms with Gasteiger partial charge < -0.3 is 4.90 Å². The smallest absolute Gasteiger partial charge is 0.311 e. The Morgan fingerprint density at radius 2 is 1.62 bits per heavy atom. The van der Waals surface area contributed by atoms with Crippen LogP contribution in [-0.2, 0) is 19.8 Å². The van der Waals surface area contributed by atoms with Crippen molar-refractivity contribution in [1.29, 1.82) is 0 Å². The number of amides is 1. The summed E-state index contributed by atoms with van der Waals surface area (Å²) in [7, 11) is -3.74. The lowest BCUT2D eigenvalue weighted by molar-refractivity contribution is -0.132. The fraction of sp³-hybridized carbons (Fsp3) is 0.318. The largest absolute Gasteiger partial charge is 0.326 e. The van der Waals surface area contributed by atoms with Crippen LogP contribution in [-0.4, -0.2) is 45.5 Å². The van der Waals surface area contributed by atoms with E-state index < -0.39 is 39.4 Å². The first-order valence-corrected chi connectivity index (χ1v) is 11.7. The molecule has 8 nitrogen and oxygen atoms in total. The van der Waals surface area contributed by atoms with Crippen LogP contribution in [0.4, 0.5) is 21.5 Å². The van der Waals surface area contributed by atoms with Crippen LogP contribution in [0.3, 0.4) is 0 Å². The van der Waals surface area contributed by atoms with Crippen molar-refractivity contribution in [2.24, 2.45) is 5.92 Å². The summed E-state index contributed by atoms with van der Waals surface area (Å²) in [5.74, 6) is -3.83. The van der Waals surface area contributed by atoms with Gasteiger partial charge in [0.2, 0.25) is 5.91 Å². The maximum Gasteiger partial charge on any atom is 0.326 e. The van der Waals surface area contributed by atoms with Gasteiger partial charge in [-0.25, -0.2) is 4.39 Å². The third kappa shape index (κ3) is 3.35. The second-order valence-electron chi connectivity index (χ2n) is 7.52. The van der Waals surface area contributed by atoms with Crippen molar-refractivity contribution in [1.82, 2.24) is 0 Å². The zero-order valence-electron chi connectivity index (χ0n) is 17.6. The predicted octanol–water partition coefficient (Wildman–Crippen LogP) is 2.54. The standard InChI is InChI=1S/C22H22FN3O5S/c1-3-25-17-10-5-14(13-18(17)26(4-2)32(25,30)31)21(28)20-19(27)11-12-24(22(20)29)16-8-6-15(23)7-9-16/h5-10,13,20H,3-4,11-12H2,1-2H3. The van der Waals surface area contributed by atoms with Gasteiger partial charge in [-0.15, -0.1) is 0 Å². The van der Waals surface area contributed by atoms with Gasteiger partial charge in [0.1, 0.15) is 5.82 Å². The van der Waals surface area contributed by atoms with E-state index >= 15 is 0 Å². The summed E-state index contributed by atoms with van der Waals surface area (Å²) >= 11 is 0. The van der Waals surface area contributed by atoms with Gasteiger partial charge in [-0.3, -0.25) is 23.0 Å². The van der Waals surface area contributed by atoms with Crippen LogP contribution in [0, 0.1) is 11.7 Å². The Morgan fingerprint density at radius 3 is 2.25 bits per heavy atom. The van der Waals surface area contributed by atoms with Crippen LogP contribution < -0.4 is 13.5 Å². The number of carbonyl (C=O) groups is 3. The Hall–Kier alpha value is -3.27. The molecule has 2 aromatic rings. The SMILES string of the molecule is CCN1c2ccc(C(=O)C3C(=O)CCN(c4ccc(F)cc4)C3=O)cc2N(CC)S1(=O)=O. The summed E-state index contributed by atoms with van der Waals surface area (Å²) in [5.41, 5.74) is 1.27. The molecule has 1 atom stereocenters. The molecule has 0 aliphatic carbocycles. The number of benzene rings is 2. The van der Waals surface area contributed by atoms with E-state index in [1.807, 2.05) is 0 Å². The van der Waals surface area contributed by atoms with Crippen molar-refractivity contribution in [3.63, 3.8) is 0 Å². The number of anilines is 3. The first-order valence-electron chi connectivity index (χ1n) is 10.3. The molecular weight excluding hydrogens is 437 g/mol. The number of halogens is 1. The summed E-state index contributed by atoms with van der Waals surface area (Å²) in [6.07, 6.45) is -0.0104. The lowest BCUT2D eigenvalue weighted by Crippen LogP contribution is -2.49. The zero-order valence-corrected chi connectivity index (χ0v) is 18.4. The summed E-state index contributed by atoms with van der Waals surface area (Å²) in [5, 5.41) is 0. The third-order valence-electron chi connectivity index (χ3n) is 5.75. The van der Waals surface area contributed by atoms with E-state index in [-0.39, 0.29) is 31.6 Å². The molecule has 4 rings (SSSR count). The number of nitrogens with zero attached hydrogens (tertiary/aromatic N) is 3. The van der Waals surface area contributed by atoms with E-state index in [1.54, 1.807) is 13.8 Å². The highest BCUT2D eigenvalue weighted by Gasteiger charge is 2.43. The Bertz CT molecular complexity index is 1210. The number of rotatable bonds is 5. The Labute approximate surface area is 185 Å². The molecule has 1 unspecified atom stereocenters. The number of hydrogen-bond donors (Lipinski definition) is 0. The number of Topliss-reactive ketones (excluding diaryl/α,β-unsaturated/α-hetero) is 2. The summed E-state index contributed by atoms with van der Waals surface area (Å²) in [6, 6.07) is 9.63. The van der Waals surface area contributed by atoms with Crippen molar-refractivity contribution in [3.8, 4) is 0 Å². The van der Waals surface area contributed by atoms with Gasteiger partial charge in [-0.2, -0.15) is 8.42 Å². The molecule has 10 heteroatoms. The molecule has 0 N–H and O–H groups in total. The van der Waals surface area contributed by atoms with Crippen LogP contribution in [0.2, 0.25) is 0 Å². The molecule has 2 aliphatic rings. The summed E-state index contributed by atoms with van der Waals surface area (Å²) in [6.45, 7) is 3.89. The fourth-order valence-corrected chi connectivity index (χ4v) is 5.88. The molecule has 2 aliphatic heterocycles. The molecular formula is C22H22FN3O5S. The highest BCUT2D eigenvalue weighted by atomic mass is 32.2. The first-order chi connectivity index (χ1) is 15.2. The molecule has 0 saturated carbocycles. The maximum absolute atomic E-state index is 13.3. The molecule has 0 aromatic heterocycles. The van der Waals surface area contributed by atoms with Crippen LogP contribution in [0.15, 0.2) is 42.5 Å². The highest BCUT2D eigenvalue weighted by molar-refractivity contribution is 7.94. The topological polar surface area (TPSA) is 95.1 Å². The van der Waals surface area contributed by atoms with Gasteiger partial charge in [0, 0.05) is 37.3 Å². The Morgan fingerprint density at radius 1 is 1.00 bits per heavy atom. The van der Waals surface area contributed by atoms with Crippen LogP contribution in [0.5, 0.6) is 0 Å². The lowest BCUT2D eigenvalue weighted by Gasteiger charge is -2.31. The average Bonchev–Trinajstić information content (AvgIpc) is 2.98. The van der Waals surface area contributed by atoms with Crippen molar-refractivity contribution in [3.05, 3.63) is 53.8 Å². The quantitative estimate of drug-likeness (QED) is 0.506. The molecule has 1 saturated heterocycles. The molecule has 32 heavy (non-hydrogen) atoms. The molecule has 2 heterocycles. The molecule has 2 aromatic carbocycles. The minimum Gasteiger partial charge on any atom is -0.311 e. The summed E-state index contributed by atoms with van der Waals surface area (Å²) < 4.78 is 41.2. The minimum absolute atomic E-state index is 0.0104. The molecule has 0 radical (unpaired) electrons. The average molecular weight is 459 g/mol. The first kappa shape index (κ1) is 21.9. The monoisotopic (exact) mass is 459 g/mol. The van der Waals surface area contributed by atoms with Gasteiger partial charge in [0.15, 0.2) is 17.5 Å². The number of carbonyl (C=O) groups excluding carboxylic acids is 3. The van der Waals surface area contributed by atoms with Crippen LogP contribution in [0.25, 0.3) is 0 Å². The van der Waals surface area contributed by atoms with Crippen molar-refractivity contribution < 1.29 is 27.2 Å². The number of fused-ring (bicyclic) bond motifs is 1. The number of piperidine rings is 1. The normalized spacial score (nSPS) is 20.0. The zero-order chi connectivity index (χ0) is 23.2. The molecule has 168 valence electrons. The van der Waals surface area contributed by atoms with Crippen molar-refractivity contribution in [2.75, 3.05) is 33.1 Å².